The Morgan fingerprint density at radius 1 is 1.12 bits per heavy atom. The number of hydrogen-bond acceptors (Lipinski definition) is 2. The van der Waals surface area contributed by atoms with E-state index in [0.29, 0.717) is 0 Å². The molecule has 0 bridgehead atoms. The number of aromatic nitrogens is 2. The summed E-state index contributed by atoms with van der Waals surface area (Å²) in [6.45, 7) is 1.98. The van der Waals surface area contributed by atoms with Crippen molar-refractivity contribution in [3.63, 3.8) is 0 Å². The van der Waals surface area contributed by atoms with Gasteiger partial charge < -0.3 is 0 Å². The molecule has 0 saturated heterocycles. The molecule has 2 rings (SSSR count). The SMILES string of the molecule is Cc1nc(CCc2ccccc2)ncc1Br. The number of aryl methyl sites for hydroxylation is 3. The van der Waals surface area contributed by atoms with Gasteiger partial charge in [-0.3, -0.25) is 0 Å². The van der Waals surface area contributed by atoms with Gasteiger partial charge in [-0.05, 0) is 34.8 Å². The first-order valence-electron chi connectivity index (χ1n) is 5.27. The third-order valence-corrected chi connectivity index (χ3v) is 3.23. The highest BCUT2D eigenvalue weighted by Gasteiger charge is 2.01. The molecule has 0 saturated carbocycles. The van der Waals surface area contributed by atoms with E-state index in [0.717, 1.165) is 28.8 Å². The van der Waals surface area contributed by atoms with Crippen LogP contribution in [0.1, 0.15) is 17.1 Å². The minimum absolute atomic E-state index is 0.887. The molecule has 3 heteroatoms. The lowest BCUT2D eigenvalue weighted by molar-refractivity contribution is 0.842. The molecule has 0 unspecified atom stereocenters. The Kier molecular flexibility index (Phi) is 3.67. The summed E-state index contributed by atoms with van der Waals surface area (Å²) in [5.74, 6) is 0.907. The van der Waals surface area contributed by atoms with Crippen LogP contribution in [0.5, 0.6) is 0 Å². The summed E-state index contributed by atoms with van der Waals surface area (Å²) in [6.07, 6.45) is 3.70. The normalized spacial score (nSPS) is 10.4. The molecular weight excluding hydrogens is 264 g/mol. The summed E-state index contributed by atoms with van der Waals surface area (Å²) in [6, 6.07) is 10.4. The minimum atomic E-state index is 0.887. The molecule has 0 radical (unpaired) electrons. The van der Waals surface area contributed by atoms with E-state index in [-0.39, 0.29) is 0 Å². The smallest absolute Gasteiger partial charge is 0.128 e. The second kappa shape index (κ2) is 5.21. The molecular formula is C13H13BrN2. The van der Waals surface area contributed by atoms with Crippen molar-refractivity contribution in [1.82, 2.24) is 9.97 Å². The van der Waals surface area contributed by atoms with Crippen molar-refractivity contribution in [3.8, 4) is 0 Å². The summed E-state index contributed by atoms with van der Waals surface area (Å²) in [4.78, 5) is 8.73. The van der Waals surface area contributed by atoms with Gasteiger partial charge in [-0.25, -0.2) is 9.97 Å². The zero-order valence-corrected chi connectivity index (χ0v) is 10.7. The standard InChI is InChI=1S/C13H13BrN2/c1-10-12(14)9-15-13(16-10)8-7-11-5-3-2-4-6-11/h2-6,9H,7-8H2,1H3. The van der Waals surface area contributed by atoms with Crippen molar-refractivity contribution in [2.24, 2.45) is 0 Å². The molecule has 0 atom stereocenters. The maximum absolute atomic E-state index is 4.43. The van der Waals surface area contributed by atoms with Gasteiger partial charge in [0.1, 0.15) is 5.82 Å². The van der Waals surface area contributed by atoms with Gasteiger partial charge in [0.25, 0.3) is 0 Å². The Bertz CT molecular complexity index is 469. The molecule has 0 fully saturated rings. The maximum Gasteiger partial charge on any atom is 0.128 e. The lowest BCUT2D eigenvalue weighted by Gasteiger charge is -2.02. The summed E-state index contributed by atoms with van der Waals surface area (Å²) >= 11 is 3.40. The zero-order chi connectivity index (χ0) is 11.4. The fourth-order valence-electron chi connectivity index (χ4n) is 1.52. The third kappa shape index (κ3) is 2.89. The predicted octanol–water partition coefficient (Wildman–Crippen LogP) is 3.33. The van der Waals surface area contributed by atoms with Gasteiger partial charge in [0.05, 0.1) is 10.2 Å². The Morgan fingerprint density at radius 2 is 1.88 bits per heavy atom. The van der Waals surface area contributed by atoms with Crippen LogP contribution in [-0.2, 0) is 12.8 Å². The van der Waals surface area contributed by atoms with Crippen LogP contribution in [0.4, 0.5) is 0 Å². The van der Waals surface area contributed by atoms with E-state index in [2.05, 4.69) is 50.2 Å². The largest absolute Gasteiger partial charge is 0.240 e. The molecule has 0 aliphatic heterocycles. The summed E-state index contributed by atoms with van der Waals surface area (Å²) in [5, 5.41) is 0. The van der Waals surface area contributed by atoms with Crippen LogP contribution in [0, 0.1) is 6.92 Å². The van der Waals surface area contributed by atoms with Gasteiger partial charge in [0, 0.05) is 12.6 Å². The summed E-state index contributed by atoms with van der Waals surface area (Å²) < 4.78 is 0.968. The van der Waals surface area contributed by atoms with E-state index >= 15 is 0 Å². The van der Waals surface area contributed by atoms with E-state index in [1.54, 1.807) is 0 Å². The average Bonchev–Trinajstić information content (AvgIpc) is 2.32. The number of rotatable bonds is 3. The molecule has 0 spiro atoms. The highest BCUT2D eigenvalue weighted by Crippen LogP contribution is 2.12. The second-order valence-corrected chi connectivity index (χ2v) is 4.56. The topological polar surface area (TPSA) is 25.8 Å². The fraction of sp³-hybridized carbons (Fsp3) is 0.231. The molecule has 0 aliphatic rings. The zero-order valence-electron chi connectivity index (χ0n) is 9.15. The van der Waals surface area contributed by atoms with Gasteiger partial charge in [0.2, 0.25) is 0 Å². The molecule has 0 amide bonds. The number of hydrogen-bond donors (Lipinski definition) is 0. The Morgan fingerprint density at radius 3 is 2.56 bits per heavy atom. The number of halogens is 1. The molecule has 16 heavy (non-hydrogen) atoms. The molecule has 82 valence electrons. The molecule has 1 heterocycles. The first-order chi connectivity index (χ1) is 7.75. The van der Waals surface area contributed by atoms with Gasteiger partial charge in [-0.1, -0.05) is 30.3 Å². The molecule has 1 aromatic heterocycles. The van der Waals surface area contributed by atoms with Gasteiger partial charge in [-0.2, -0.15) is 0 Å². The van der Waals surface area contributed by atoms with E-state index in [9.17, 15) is 0 Å². The fourth-order valence-corrected chi connectivity index (χ4v) is 1.71. The van der Waals surface area contributed by atoms with E-state index < -0.39 is 0 Å². The highest BCUT2D eigenvalue weighted by atomic mass is 79.9. The van der Waals surface area contributed by atoms with Crippen LogP contribution in [0.15, 0.2) is 41.0 Å². The molecule has 0 N–H and O–H groups in total. The monoisotopic (exact) mass is 276 g/mol. The van der Waals surface area contributed by atoms with Crippen LogP contribution >= 0.6 is 15.9 Å². The van der Waals surface area contributed by atoms with Crippen molar-refractivity contribution in [3.05, 3.63) is 58.1 Å². The van der Waals surface area contributed by atoms with Crippen molar-refractivity contribution >= 4 is 15.9 Å². The third-order valence-electron chi connectivity index (χ3n) is 2.45. The van der Waals surface area contributed by atoms with Crippen molar-refractivity contribution in [2.75, 3.05) is 0 Å². The van der Waals surface area contributed by atoms with Gasteiger partial charge in [-0.15, -0.1) is 0 Å². The first kappa shape index (κ1) is 11.3. The highest BCUT2D eigenvalue weighted by molar-refractivity contribution is 9.10. The Balaban J connectivity index is 2.03. The van der Waals surface area contributed by atoms with Crippen LogP contribution in [-0.4, -0.2) is 9.97 Å². The van der Waals surface area contributed by atoms with E-state index in [1.165, 1.54) is 5.56 Å². The molecule has 2 aromatic rings. The van der Waals surface area contributed by atoms with Crippen LogP contribution in [0.25, 0.3) is 0 Å². The van der Waals surface area contributed by atoms with E-state index in [1.807, 2.05) is 19.2 Å². The number of benzene rings is 1. The van der Waals surface area contributed by atoms with Crippen molar-refractivity contribution in [2.45, 2.75) is 19.8 Å². The van der Waals surface area contributed by atoms with Crippen LogP contribution in [0.2, 0.25) is 0 Å². The maximum atomic E-state index is 4.43. The summed E-state index contributed by atoms with van der Waals surface area (Å²) in [7, 11) is 0. The number of nitrogens with zero attached hydrogens (tertiary/aromatic N) is 2. The van der Waals surface area contributed by atoms with Crippen molar-refractivity contribution in [1.29, 1.82) is 0 Å². The summed E-state index contributed by atoms with van der Waals surface area (Å²) in [5.41, 5.74) is 2.32. The average molecular weight is 277 g/mol. The molecule has 2 nitrogen and oxygen atoms in total. The second-order valence-electron chi connectivity index (χ2n) is 3.71. The molecule has 0 aliphatic carbocycles. The van der Waals surface area contributed by atoms with Crippen LogP contribution in [0.3, 0.4) is 0 Å². The first-order valence-corrected chi connectivity index (χ1v) is 6.07. The van der Waals surface area contributed by atoms with Crippen LogP contribution < -0.4 is 0 Å². The van der Waals surface area contributed by atoms with Crippen molar-refractivity contribution < 1.29 is 0 Å². The lowest BCUT2D eigenvalue weighted by Crippen LogP contribution is -1.99. The Hall–Kier alpha value is -1.22. The van der Waals surface area contributed by atoms with Gasteiger partial charge in [0.15, 0.2) is 0 Å². The quantitative estimate of drug-likeness (QED) is 0.860. The lowest BCUT2D eigenvalue weighted by atomic mass is 10.1. The Labute approximate surface area is 104 Å². The molecule has 1 aromatic carbocycles. The minimum Gasteiger partial charge on any atom is -0.240 e. The van der Waals surface area contributed by atoms with Gasteiger partial charge >= 0.3 is 0 Å². The predicted molar refractivity (Wildman–Crippen MR) is 68.3 cm³/mol. The van der Waals surface area contributed by atoms with E-state index in [4.69, 9.17) is 0 Å².